The van der Waals surface area contributed by atoms with Crippen LogP contribution in [0.3, 0.4) is 0 Å². The number of carbonyl (C=O) groups excluding carboxylic acids is 1. The van der Waals surface area contributed by atoms with E-state index in [1.54, 1.807) is 50.2 Å². The Kier molecular flexibility index (Phi) is 6.08. The molecule has 9 heteroatoms. The molecule has 0 bridgehead atoms. The fourth-order valence-corrected chi connectivity index (χ4v) is 3.47. The number of anilines is 1. The van der Waals surface area contributed by atoms with Gasteiger partial charge < -0.3 is 10.3 Å². The van der Waals surface area contributed by atoms with Gasteiger partial charge in [0.25, 0.3) is 11.2 Å². The van der Waals surface area contributed by atoms with Crippen LogP contribution in [0.1, 0.15) is 12.7 Å². The summed E-state index contributed by atoms with van der Waals surface area (Å²) in [6.45, 7) is 3.47. The maximum Gasteiger partial charge on any atom is 0.269 e. The van der Waals surface area contributed by atoms with Gasteiger partial charge in [-0.1, -0.05) is 12.1 Å². The number of carbonyl (C=O) groups is 1. The average Bonchev–Trinajstić information content (AvgIpc) is 2.68. The quantitative estimate of drug-likeness (QED) is 0.363. The number of thioether (sulfide) groups is 1. The van der Waals surface area contributed by atoms with Crippen molar-refractivity contribution in [2.45, 2.75) is 24.0 Å². The van der Waals surface area contributed by atoms with Crippen LogP contribution in [-0.4, -0.2) is 26.0 Å². The number of amides is 1. The third-order valence-electron chi connectivity index (χ3n) is 4.04. The first kappa shape index (κ1) is 20.3. The SMILES string of the molecule is Cc1nc(-c2ccc(NC(=O)[C@H](C)Sc3ccc([N+](=O)[O-])cc3)cc2)cc(=O)[nH]1. The number of nitro groups is 1. The molecule has 0 saturated carbocycles. The van der Waals surface area contributed by atoms with Gasteiger partial charge in [0.2, 0.25) is 5.91 Å². The summed E-state index contributed by atoms with van der Waals surface area (Å²) in [6, 6.07) is 14.5. The molecule has 0 unspecified atom stereocenters. The summed E-state index contributed by atoms with van der Waals surface area (Å²) >= 11 is 1.31. The first-order chi connectivity index (χ1) is 13.8. The summed E-state index contributed by atoms with van der Waals surface area (Å²) < 4.78 is 0. The summed E-state index contributed by atoms with van der Waals surface area (Å²) in [6.07, 6.45) is 0. The zero-order chi connectivity index (χ0) is 21.0. The topological polar surface area (TPSA) is 118 Å². The number of hydrogen-bond donors (Lipinski definition) is 2. The molecule has 3 rings (SSSR count). The van der Waals surface area contributed by atoms with Crippen molar-refractivity contribution in [3.05, 3.63) is 80.9 Å². The van der Waals surface area contributed by atoms with Gasteiger partial charge in [0, 0.05) is 34.3 Å². The van der Waals surface area contributed by atoms with Gasteiger partial charge in [0.1, 0.15) is 5.82 Å². The summed E-state index contributed by atoms with van der Waals surface area (Å²) in [4.78, 5) is 41.9. The number of aromatic nitrogens is 2. The van der Waals surface area contributed by atoms with E-state index in [9.17, 15) is 19.7 Å². The van der Waals surface area contributed by atoms with E-state index in [1.807, 2.05) is 0 Å². The van der Waals surface area contributed by atoms with Gasteiger partial charge in [-0.2, -0.15) is 0 Å². The number of aromatic amines is 1. The number of nitrogens with zero attached hydrogens (tertiary/aromatic N) is 2. The minimum Gasteiger partial charge on any atom is -0.325 e. The molecule has 1 atom stereocenters. The monoisotopic (exact) mass is 410 g/mol. The lowest BCUT2D eigenvalue weighted by Gasteiger charge is -2.12. The number of nitro benzene ring substituents is 1. The van der Waals surface area contributed by atoms with Crippen molar-refractivity contribution in [2.24, 2.45) is 0 Å². The Hall–Kier alpha value is -3.46. The van der Waals surface area contributed by atoms with E-state index in [4.69, 9.17) is 0 Å². The number of H-pyrrole nitrogens is 1. The third-order valence-corrected chi connectivity index (χ3v) is 5.15. The minimum atomic E-state index is -0.462. The number of rotatable bonds is 6. The Labute approximate surface area is 170 Å². The van der Waals surface area contributed by atoms with Crippen LogP contribution in [0.15, 0.2) is 64.3 Å². The van der Waals surface area contributed by atoms with E-state index in [0.717, 1.165) is 10.5 Å². The first-order valence-electron chi connectivity index (χ1n) is 8.72. The van der Waals surface area contributed by atoms with E-state index in [1.165, 1.54) is 30.0 Å². The molecule has 0 fully saturated rings. The Bertz CT molecular complexity index is 1090. The van der Waals surface area contributed by atoms with Crippen molar-refractivity contribution >= 4 is 29.0 Å². The van der Waals surface area contributed by atoms with E-state index in [2.05, 4.69) is 15.3 Å². The summed E-state index contributed by atoms with van der Waals surface area (Å²) in [5.74, 6) is 0.341. The normalized spacial score (nSPS) is 11.7. The van der Waals surface area contributed by atoms with Crippen LogP contribution in [0.4, 0.5) is 11.4 Å². The molecule has 2 N–H and O–H groups in total. The summed E-state index contributed by atoms with van der Waals surface area (Å²) in [7, 11) is 0. The lowest BCUT2D eigenvalue weighted by Crippen LogP contribution is -2.22. The Morgan fingerprint density at radius 3 is 2.41 bits per heavy atom. The van der Waals surface area contributed by atoms with Gasteiger partial charge in [-0.05, 0) is 38.1 Å². The number of non-ortho nitro benzene ring substituents is 1. The molecular formula is C20H18N4O4S. The summed E-state index contributed by atoms with van der Waals surface area (Å²) in [5, 5.41) is 13.1. The summed E-state index contributed by atoms with van der Waals surface area (Å²) in [5.41, 5.74) is 1.74. The molecule has 29 heavy (non-hydrogen) atoms. The van der Waals surface area contributed by atoms with Gasteiger partial charge in [-0.25, -0.2) is 4.98 Å². The van der Waals surface area contributed by atoms with Crippen LogP contribution >= 0.6 is 11.8 Å². The van der Waals surface area contributed by atoms with Crippen molar-refractivity contribution in [1.29, 1.82) is 0 Å². The predicted molar refractivity (Wildman–Crippen MR) is 112 cm³/mol. The molecule has 0 saturated heterocycles. The number of benzene rings is 2. The van der Waals surface area contributed by atoms with Crippen LogP contribution < -0.4 is 10.9 Å². The highest BCUT2D eigenvalue weighted by Gasteiger charge is 2.15. The Morgan fingerprint density at radius 1 is 1.17 bits per heavy atom. The predicted octanol–water partition coefficient (Wildman–Crippen LogP) is 3.77. The van der Waals surface area contributed by atoms with Crippen LogP contribution in [0.5, 0.6) is 0 Å². The van der Waals surface area contributed by atoms with Crippen LogP contribution in [0.25, 0.3) is 11.3 Å². The third kappa shape index (κ3) is 5.29. The zero-order valence-electron chi connectivity index (χ0n) is 15.7. The maximum atomic E-state index is 12.4. The average molecular weight is 410 g/mol. The molecule has 8 nitrogen and oxygen atoms in total. The van der Waals surface area contributed by atoms with Crippen molar-refractivity contribution in [1.82, 2.24) is 9.97 Å². The van der Waals surface area contributed by atoms with Crippen molar-refractivity contribution < 1.29 is 9.72 Å². The molecule has 1 aromatic heterocycles. The molecule has 0 aliphatic rings. The standard InChI is InChI=1S/C20H18N4O4S/c1-12(29-17-9-7-16(8-10-17)24(27)28)20(26)23-15-5-3-14(4-6-15)18-11-19(25)22-13(2)21-18/h3-12H,1-2H3,(H,23,26)(H,21,22,25)/t12-/m0/s1. The van der Waals surface area contributed by atoms with E-state index in [-0.39, 0.29) is 17.2 Å². The highest BCUT2D eigenvalue weighted by Crippen LogP contribution is 2.26. The van der Waals surface area contributed by atoms with Gasteiger partial charge >= 0.3 is 0 Å². The van der Waals surface area contributed by atoms with Crippen LogP contribution in [0, 0.1) is 17.0 Å². The molecular weight excluding hydrogens is 392 g/mol. The van der Waals surface area contributed by atoms with Gasteiger partial charge in [-0.15, -0.1) is 11.8 Å². The number of nitrogens with one attached hydrogen (secondary N) is 2. The molecule has 3 aromatic rings. The minimum absolute atomic E-state index is 0.0108. The van der Waals surface area contributed by atoms with Crippen molar-refractivity contribution in [3.8, 4) is 11.3 Å². The van der Waals surface area contributed by atoms with Crippen molar-refractivity contribution in [3.63, 3.8) is 0 Å². The fourth-order valence-electron chi connectivity index (χ4n) is 2.60. The molecule has 2 aromatic carbocycles. The maximum absolute atomic E-state index is 12.4. The molecule has 0 spiro atoms. The lowest BCUT2D eigenvalue weighted by atomic mass is 10.1. The van der Waals surface area contributed by atoms with Crippen molar-refractivity contribution in [2.75, 3.05) is 5.32 Å². The number of aryl methyl sites for hydroxylation is 1. The van der Waals surface area contributed by atoms with E-state index in [0.29, 0.717) is 17.2 Å². The van der Waals surface area contributed by atoms with E-state index >= 15 is 0 Å². The molecule has 0 aliphatic heterocycles. The second kappa shape index (κ2) is 8.70. The fraction of sp³-hybridized carbons (Fsp3) is 0.150. The largest absolute Gasteiger partial charge is 0.325 e. The second-order valence-electron chi connectivity index (χ2n) is 6.29. The lowest BCUT2D eigenvalue weighted by molar-refractivity contribution is -0.384. The molecule has 0 radical (unpaired) electrons. The molecule has 0 aliphatic carbocycles. The van der Waals surface area contributed by atoms with Crippen LogP contribution in [-0.2, 0) is 4.79 Å². The highest BCUT2D eigenvalue weighted by molar-refractivity contribution is 8.00. The highest BCUT2D eigenvalue weighted by atomic mass is 32.2. The van der Waals surface area contributed by atoms with Gasteiger partial charge in [0.15, 0.2) is 0 Å². The van der Waals surface area contributed by atoms with E-state index < -0.39 is 10.2 Å². The Balaban J connectivity index is 1.63. The van der Waals surface area contributed by atoms with Gasteiger partial charge in [0.05, 0.1) is 15.9 Å². The van der Waals surface area contributed by atoms with Crippen LogP contribution in [0.2, 0.25) is 0 Å². The number of hydrogen-bond acceptors (Lipinski definition) is 6. The molecule has 148 valence electrons. The molecule has 1 heterocycles. The molecule has 1 amide bonds. The zero-order valence-corrected chi connectivity index (χ0v) is 16.5. The smallest absolute Gasteiger partial charge is 0.269 e. The Morgan fingerprint density at radius 2 is 1.83 bits per heavy atom. The first-order valence-corrected chi connectivity index (χ1v) is 9.60. The second-order valence-corrected chi connectivity index (χ2v) is 7.71. The van der Waals surface area contributed by atoms with Gasteiger partial charge in [-0.3, -0.25) is 19.7 Å².